The fourth-order valence-electron chi connectivity index (χ4n) is 1.99. The Morgan fingerprint density at radius 1 is 1.05 bits per heavy atom. The number of hydrogen-bond acceptors (Lipinski definition) is 4. The molecule has 2 aromatic rings. The van der Waals surface area contributed by atoms with E-state index >= 15 is 0 Å². The maximum Gasteiger partial charge on any atom is 0.213 e. The Balaban J connectivity index is 1.86. The Morgan fingerprint density at radius 2 is 1.81 bits per heavy atom. The largest absolute Gasteiger partial charge is 0.490 e. The number of aryl methyl sites for hydroxylation is 1. The molecule has 0 aliphatic heterocycles. The summed E-state index contributed by atoms with van der Waals surface area (Å²) in [5.74, 6) is 1.37. The van der Waals surface area contributed by atoms with Gasteiger partial charge in [-0.1, -0.05) is 31.5 Å². The van der Waals surface area contributed by atoms with Gasteiger partial charge in [0, 0.05) is 11.8 Å². The maximum atomic E-state index is 9.27. The molecule has 4 heteroatoms. The highest BCUT2D eigenvalue weighted by Crippen LogP contribution is 2.14. The van der Waals surface area contributed by atoms with Crippen LogP contribution >= 0.6 is 0 Å². The van der Waals surface area contributed by atoms with Crippen LogP contribution in [0.4, 0.5) is 0 Å². The Labute approximate surface area is 125 Å². The second kappa shape index (κ2) is 8.27. The molecule has 0 radical (unpaired) electrons. The third kappa shape index (κ3) is 5.08. The van der Waals surface area contributed by atoms with E-state index in [0.29, 0.717) is 19.1 Å². The van der Waals surface area contributed by atoms with Crippen molar-refractivity contribution >= 4 is 0 Å². The molecule has 1 N–H and O–H groups in total. The number of nitrogens with zero attached hydrogens (tertiary/aromatic N) is 1. The highest BCUT2D eigenvalue weighted by atomic mass is 16.5. The van der Waals surface area contributed by atoms with E-state index in [9.17, 15) is 5.11 Å². The Kier molecular flexibility index (Phi) is 6.03. The Morgan fingerprint density at radius 3 is 2.52 bits per heavy atom. The zero-order valence-corrected chi connectivity index (χ0v) is 12.3. The van der Waals surface area contributed by atoms with E-state index in [4.69, 9.17) is 9.47 Å². The van der Waals surface area contributed by atoms with E-state index in [0.717, 1.165) is 29.8 Å². The summed E-state index contributed by atoms with van der Waals surface area (Å²) in [6.07, 6.45) is 1.89. The SMILES string of the molecule is CCCc1cc(CO)cc(OCCOc2ccccc2)n1. The first-order chi connectivity index (χ1) is 10.3. The van der Waals surface area contributed by atoms with Gasteiger partial charge in [-0.25, -0.2) is 4.98 Å². The molecule has 0 amide bonds. The second-order valence-electron chi connectivity index (χ2n) is 4.72. The first kappa shape index (κ1) is 15.3. The average molecular weight is 287 g/mol. The van der Waals surface area contributed by atoms with Crippen molar-refractivity contribution < 1.29 is 14.6 Å². The summed E-state index contributed by atoms with van der Waals surface area (Å²) in [4.78, 5) is 4.43. The van der Waals surface area contributed by atoms with E-state index in [2.05, 4.69) is 11.9 Å². The number of hydrogen-bond donors (Lipinski definition) is 1. The second-order valence-corrected chi connectivity index (χ2v) is 4.72. The maximum absolute atomic E-state index is 9.27. The lowest BCUT2D eigenvalue weighted by molar-refractivity contribution is 0.211. The number of pyridine rings is 1. The minimum atomic E-state index is -0.00386. The number of ether oxygens (including phenoxy) is 2. The van der Waals surface area contributed by atoms with Crippen LogP contribution in [0.5, 0.6) is 11.6 Å². The fourth-order valence-corrected chi connectivity index (χ4v) is 1.99. The van der Waals surface area contributed by atoms with Crippen LogP contribution in [0.15, 0.2) is 42.5 Å². The summed E-state index contributed by atoms with van der Waals surface area (Å²) in [5, 5.41) is 9.27. The molecule has 0 bridgehead atoms. The molecule has 2 rings (SSSR count). The summed E-state index contributed by atoms with van der Waals surface area (Å²) >= 11 is 0. The van der Waals surface area contributed by atoms with Gasteiger partial charge in [-0.3, -0.25) is 0 Å². The van der Waals surface area contributed by atoms with Crippen molar-refractivity contribution in [1.29, 1.82) is 0 Å². The van der Waals surface area contributed by atoms with Gasteiger partial charge in [-0.15, -0.1) is 0 Å². The van der Waals surface area contributed by atoms with E-state index in [1.54, 1.807) is 6.07 Å². The monoisotopic (exact) mass is 287 g/mol. The lowest BCUT2D eigenvalue weighted by Gasteiger charge is -2.10. The Bertz CT molecular complexity index is 543. The molecule has 0 aliphatic rings. The van der Waals surface area contributed by atoms with Crippen molar-refractivity contribution in [2.45, 2.75) is 26.4 Å². The molecule has 0 saturated carbocycles. The van der Waals surface area contributed by atoms with Crippen molar-refractivity contribution in [3.63, 3.8) is 0 Å². The summed E-state index contributed by atoms with van der Waals surface area (Å²) in [6.45, 7) is 2.97. The van der Waals surface area contributed by atoms with Gasteiger partial charge in [-0.2, -0.15) is 0 Å². The van der Waals surface area contributed by atoms with Gasteiger partial charge >= 0.3 is 0 Å². The lowest BCUT2D eigenvalue weighted by Crippen LogP contribution is -2.10. The third-order valence-electron chi connectivity index (χ3n) is 2.95. The number of benzene rings is 1. The molecule has 0 unspecified atom stereocenters. The van der Waals surface area contributed by atoms with Crippen LogP contribution in [0.3, 0.4) is 0 Å². The van der Waals surface area contributed by atoms with Gasteiger partial charge in [0.2, 0.25) is 5.88 Å². The number of aliphatic hydroxyl groups excluding tert-OH is 1. The van der Waals surface area contributed by atoms with Crippen LogP contribution in [0.1, 0.15) is 24.6 Å². The van der Waals surface area contributed by atoms with E-state index in [1.165, 1.54) is 0 Å². The highest BCUT2D eigenvalue weighted by Gasteiger charge is 2.03. The van der Waals surface area contributed by atoms with E-state index in [-0.39, 0.29) is 6.61 Å². The van der Waals surface area contributed by atoms with Gasteiger partial charge < -0.3 is 14.6 Å². The van der Waals surface area contributed by atoms with Crippen LogP contribution < -0.4 is 9.47 Å². The molecule has 0 saturated heterocycles. The number of rotatable bonds is 8. The summed E-state index contributed by atoms with van der Waals surface area (Å²) in [5.41, 5.74) is 1.77. The molecule has 4 nitrogen and oxygen atoms in total. The molecule has 0 fully saturated rings. The summed E-state index contributed by atoms with van der Waals surface area (Å²) in [6, 6.07) is 13.3. The molecule has 0 spiro atoms. The predicted molar refractivity (Wildman–Crippen MR) is 81.6 cm³/mol. The molecule has 0 atom stereocenters. The minimum absolute atomic E-state index is 0.00386. The first-order valence-corrected chi connectivity index (χ1v) is 7.23. The predicted octanol–water partition coefficient (Wildman–Crippen LogP) is 2.98. The van der Waals surface area contributed by atoms with Crippen molar-refractivity contribution in [1.82, 2.24) is 4.98 Å². The van der Waals surface area contributed by atoms with Crippen LogP contribution in [-0.2, 0) is 13.0 Å². The molecule has 1 aromatic carbocycles. The quantitative estimate of drug-likeness (QED) is 0.758. The van der Waals surface area contributed by atoms with Crippen LogP contribution in [0.25, 0.3) is 0 Å². The van der Waals surface area contributed by atoms with Gasteiger partial charge in [0.1, 0.15) is 19.0 Å². The minimum Gasteiger partial charge on any atom is -0.490 e. The summed E-state index contributed by atoms with van der Waals surface area (Å²) < 4.78 is 11.2. The van der Waals surface area contributed by atoms with E-state index in [1.807, 2.05) is 36.4 Å². The fraction of sp³-hybridized carbons (Fsp3) is 0.353. The highest BCUT2D eigenvalue weighted by molar-refractivity contribution is 5.25. The molecule has 1 aromatic heterocycles. The van der Waals surface area contributed by atoms with Crippen molar-refractivity contribution in [2.75, 3.05) is 13.2 Å². The van der Waals surface area contributed by atoms with Crippen molar-refractivity contribution in [2.24, 2.45) is 0 Å². The zero-order valence-electron chi connectivity index (χ0n) is 12.3. The molecule has 112 valence electrons. The van der Waals surface area contributed by atoms with Gasteiger partial charge in [-0.05, 0) is 30.2 Å². The van der Waals surface area contributed by atoms with Gasteiger partial charge in [0.05, 0.1) is 6.61 Å². The number of aromatic nitrogens is 1. The molecule has 1 heterocycles. The molecule has 21 heavy (non-hydrogen) atoms. The summed E-state index contributed by atoms with van der Waals surface area (Å²) in [7, 11) is 0. The van der Waals surface area contributed by atoms with Crippen LogP contribution in [-0.4, -0.2) is 23.3 Å². The lowest BCUT2D eigenvalue weighted by atomic mass is 10.2. The van der Waals surface area contributed by atoms with Crippen molar-refractivity contribution in [3.05, 3.63) is 53.7 Å². The third-order valence-corrected chi connectivity index (χ3v) is 2.95. The topological polar surface area (TPSA) is 51.6 Å². The van der Waals surface area contributed by atoms with Gasteiger partial charge in [0.15, 0.2) is 0 Å². The molecule has 0 aliphatic carbocycles. The average Bonchev–Trinajstić information content (AvgIpc) is 2.53. The smallest absolute Gasteiger partial charge is 0.213 e. The standard InChI is InChI=1S/C17H21NO3/c1-2-6-15-11-14(13-19)12-17(18-15)21-10-9-20-16-7-4-3-5-8-16/h3-5,7-8,11-12,19H,2,6,9-10,13H2,1H3. The van der Waals surface area contributed by atoms with Crippen LogP contribution in [0, 0.1) is 0 Å². The van der Waals surface area contributed by atoms with Gasteiger partial charge in [0.25, 0.3) is 0 Å². The normalized spacial score (nSPS) is 10.4. The first-order valence-electron chi connectivity index (χ1n) is 7.23. The number of para-hydroxylation sites is 1. The zero-order chi connectivity index (χ0) is 14.9. The number of aliphatic hydroxyl groups is 1. The van der Waals surface area contributed by atoms with Crippen LogP contribution in [0.2, 0.25) is 0 Å². The molecular weight excluding hydrogens is 266 g/mol. The van der Waals surface area contributed by atoms with E-state index < -0.39 is 0 Å². The van der Waals surface area contributed by atoms with Crippen molar-refractivity contribution in [3.8, 4) is 11.6 Å². The Hall–Kier alpha value is -2.07. The molecular formula is C17H21NO3.